The predicted octanol–water partition coefficient (Wildman–Crippen LogP) is 4.68. The lowest BCUT2D eigenvalue weighted by atomic mass is 10.0. The van der Waals surface area contributed by atoms with Crippen molar-refractivity contribution in [1.29, 1.82) is 0 Å². The van der Waals surface area contributed by atoms with Crippen LogP contribution in [0.5, 0.6) is 11.5 Å². The molecule has 18 heavy (non-hydrogen) atoms. The van der Waals surface area contributed by atoms with Crippen LogP contribution < -0.4 is 9.47 Å². The van der Waals surface area contributed by atoms with Gasteiger partial charge in [-0.15, -0.1) is 0 Å². The van der Waals surface area contributed by atoms with Crippen LogP contribution in [0.25, 0.3) is 11.1 Å². The van der Waals surface area contributed by atoms with Crippen molar-refractivity contribution in [3.8, 4) is 22.6 Å². The van der Waals surface area contributed by atoms with Crippen LogP contribution >= 0.6 is 23.2 Å². The molecule has 0 aliphatic rings. The fourth-order valence-electron chi connectivity index (χ4n) is 1.78. The molecule has 0 amide bonds. The third kappa shape index (κ3) is 2.40. The van der Waals surface area contributed by atoms with Gasteiger partial charge in [0, 0.05) is 5.56 Å². The Morgan fingerprint density at radius 2 is 1.67 bits per heavy atom. The summed E-state index contributed by atoms with van der Waals surface area (Å²) in [5.74, 6) is 1.36. The highest BCUT2D eigenvalue weighted by Crippen LogP contribution is 2.39. The molecule has 0 spiro atoms. The first kappa shape index (κ1) is 13.1. The minimum atomic E-state index is 0.513. The Hall–Kier alpha value is -1.38. The second kappa shape index (κ2) is 5.51. The molecule has 0 saturated heterocycles. The largest absolute Gasteiger partial charge is 0.493 e. The second-order valence-corrected chi connectivity index (χ2v) is 4.48. The van der Waals surface area contributed by atoms with Crippen molar-refractivity contribution in [3.63, 3.8) is 0 Å². The van der Waals surface area contributed by atoms with Crippen LogP contribution in [0.4, 0.5) is 0 Å². The maximum Gasteiger partial charge on any atom is 0.168 e. The van der Waals surface area contributed by atoms with Gasteiger partial charge in [-0.2, -0.15) is 0 Å². The molecule has 94 valence electrons. The number of methoxy groups -OCH3 is 2. The van der Waals surface area contributed by atoms with E-state index in [4.69, 9.17) is 32.7 Å². The SMILES string of the molecule is COc1cccc(-c2ccc(Cl)c(Cl)c2)c1OC. The molecular formula is C14H12Cl2O2. The molecule has 0 heterocycles. The van der Waals surface area contributed by atoms with Crippen LogP contribution in [-0.2, 0) is 0 Å². The molecule has 2 nitrogen and oxygen atoms in total. The van der Waals surface area contributed by atoms with Crippen LogP contribution in [0.3, 0.4) is 0 Å². The molecule has 0 aliphatic carbocycles. The van der Waals surface area contributed by atoms with Crippen molar-refractivity contribution in [2.75, 3.05) is 14.2 Å². The summed E-state index contributed by atoms with van der Waals surface area (Å²) >= 11 is 11.9. The Bertz CT molecular complexity index is 568. The minimum absolute atomic E-state index is 0.513. The second-order valence-electron chi connectivity index (χ2n) is 3.67. The van der Waals surface area contributed by atoms with E-state index in [0.29, 0.717) is 21.5 Å². The minimum Gasteiger partial charge on any atom is -0.493 e. The van der Waals surface area contributed by atoms with Gasteiger partial charge in [-0.05, 0) is 23.8 Å². The highest BCUT2D eigenvalue weighted by atomic mass is 35.5. The van der Waals surface area contributed by atoms with Gasteiger partial charge in [0.15, 0.2) is 11.5 Å². The van der Waals surface area contributed by atoms with Gasteiger partial charge in [0.05, 0.1) is 24.3 Å². The fraction of sp³-hybridized carbons (Fsp3) is 0.143. The van der Waals surface area contributed by atoms with Gasteiger partial charge < -0.3 is 9.47 Å². The molecular weight excluding hydrogens is 271 g/mol. The van der Waals surface area contributed by atoms with E-state index in [1.54, 1.807) is 26.4 Å². The lowest BCUT2D eigenvalue weighted by Gasteiger charge is -2.13. The Balaban J connectivity index is 2.59. The van der Waals surface area contributed by atoms with Gasteiger partial charge in [0.2, 0.25) is 0 Å². The van der Waals surface area contributed by atoms with E-state index >= 15 is 0 Å². The molecule has 0 fully saturated rings. The molecule has 0 aliphatic heterocycles. The summed E-state index contributed by atoms with van der Waals surface area (Å²) in [5.41, 5.74) is 1.84. The number of ether oxygens (including phenoxy) is 2. The Morgan fingerprint density at radius 1 is 0.889 bits per heavy atom. The van der Waals surface area contributed by atoms with Crippen LogP contribution in [0.1, 0.15) is 0 Å². The summed E-state index contributed by atoms with van der Waals surface area (Å²) in [6.07, 6.45) is 0. The van der Waals surface area contributed by atoms with Gasteiger partial charge in [-0.1, -0.05) is 41.4 Å². The van der Waals surface area contributed by atoms with E-state index in [2.05, 4.69) is 0 Å². The van der Waals surface area contributed by atoms with Gasteiger partial charge >= 0.3 is 0 Å². The number of hydrogen-bond donors (Lipinski definition) is 0. The third-order valence-electron chi connectivity index (χ3n) is 2.63. The van der Waals surface area contributed by atoms with Crippen LogP contribution in [0, 0.1) is 0 Å². The molecule has 0 saturated carbocycles. The Labute approximate surface area is 116 Å². The summed E-state index contributed by atoms with van der Waals surface area (Å²) in [6.45, 7) is 0. The van der Waals surface area contributed by atoms with E-state index in [9.17, 15) is 0 Å². The normalized spacial score (nSPS) is 10.2. The van der Waals surface area contributed by atoms with Crippen molar-refractivity contribution >= 4 is 23.2 Å². The molecule has 0 bridgehead atoms. The molecule has 0 aromatic heterocycles. The number of para-hydroxylation sites is 1. The topological polar surface area (TPSA) is 18.5 Å². The van der Waals surface area contributed by atoms with Crippen LogP contribution in [0.2, 0.25) is 10.0 Å². The van der Waals surface area contributed by atoms with E-state index in [-0.39, 0.29) is 0 Å². The van der Waals surface area contributed by atoms with Crippen LogP contribution in [0.15, 0.2) is 36.4 Å². The third-order valence-corrected chi connectivity index (χ3v) is 3.37. The summed E-state index contributed by atoms with van der Waals surface area (Å²) in [4.78, 5) is 0. The Morgan fingerprint density at radius 3 is 2.28 bits per heavy atom. The van der Waals surface area contributed by atoms with Gasteiger partial charge in [-0.3, -0.25) is 0 Å². The van der Waals surface area contributed by atoms with Crippen molar-refractivity contribution < 1.29 is 9.47 Å². The lowest BCUT2D eigenvalue weighted by molar-refractivity contribution is 0.356. The monoisotopic (exact) mass is 282 g/mol. The summed E-state index contributed by atoms with van der Waals surface area (Å²) in [5, 5.41) is 1.04. The highest BCUT2D eigenvalue weighted by Gasteiger charge is 2.12. The quantitative estimate of drug-likeness (QED) is 0.814. The average Bonchev–Trinajstić information content (AvgIpc) is 2.40. The maximum atomic E-state index is 6.03. The van der Waals surface area contributed by atoms with E-state index in [1.807, 2.05) is 24.3 Å². The van der Waals surface area contributed by atoms with E-state index in [1.165, 1.54) is 0 Å². The van der Waals surface area contributed by atoms with E-state index < -0.39 is 0 Å². The first-order chi connectivity index (χ1) is 8.67. The van der Waals surface area contributed by atoms with Gasteiger partial charge in [0.1, 0.15) is 0 Å². The summed E-state index contributed by atoms with van der Waals surface area (Å²) in [6, 6.07) is 11.2. The number of halogens is 2. The van der Waals surface area contributed by atoms with Crippen molar-refractivity contribution in [1.82, 2.24) is 0 Å². The number of rotatable bonds is 3. The number of benzene rings is 2. The average molecular weight is 283 g/mol. The smallest absolute Gasteiger partial charge is 0.168 e. The zero-order chi connectivity index (χ0) is 13.1. The fourth-order valence-corrected chi connectivity index (χ4v) is 2.08. The van der Waals surface area contributed by atoms with Crippen LogP contribution in [-0.4, -0.2) is 14.2 Å². The zero-order valence-electron chi connectivity index (χ0n) is 10.0. The first-order valence-electron chi connectivity index (χ1n) is 5.33. The van der Waals surface area contributed by atoms with Crippen molar-refractivity contribution in [3.05, 3.63) is 46.4 Å². The predicted molar refractivity (Wildman–Crippen MR) is 75.0 cm³/mol. The molecule has 4 heteroatoms. The molecule has 2 aromatic carbocycles. The van der Waals surface area contributed by atoms with Crippen molar-refractivity contribution in [2.45, 2.75) is 0 Å². The first-order valence-corrected chi connectivity index (χ1v) is 6.09. The summed E-state index contributed by atoms with van der Waals surface area (Å²) < 4.78 is 10.7. The molecule has 0 unspecified atom stereocenters. The molecule has 0 N–H and O–H groups in total. The highest BCUT2D eigenvalue weighted by molar-refractivity contribution is 6.42. The molecule has 2 rings (SSSR count). The Kier molecular flexibility index (Phi) is 4.00. The summed E-state index contributed by atoms with van der Waals surface area (Å²) in [7, 11) is 3.22. The molecule has 2 aromatic rings. The van der Waals surface area contributed by atoms with Gasteiger partial charge in [0.25, 0.3) is 0 Å². The van der Waals surface area contributed by atoms with E-state index in [0.717, 1.165) is 11.1 Å². The standard InChI is InChI=1S/C14H12Cl2O2/c1-17-13-5-3-4-10(14(13)18-2)9-6-7-11(15)12(16)8-9/h3-8H,1-2H3. The molecule has 0 radical (unpaired) electrons. The van der Waals surface area contributed by atoms with Crippen molar-refractivity contribution in [2.24, 2.45) is 0 Å². The maximum absolute atomic E-state index is 6.03. The zero-order valence-corrected chi connectivity index (χ0v) is 11.5. The van der Waals surface area contributed by atoms with Gasteiger partial charge in [-0.25, -0.2) is 0 Å². The lowest BCUT2D eigenvalue weighted by Crippen LogP contribution is -1.93. The molecule has 0 atom stereocenters. The number of hydrogen-bond acceptors (Lipinski definition) is 2.